The summed E-state index contributed by atoms with van der Waals surface area (Å²) in [5.74, 6) is -1.15. The van der Waals surface area contributed by atoms with E-state index in [1.54, 1.807) is 18.3 Å². The van der Waals surface area contributed by atoms with Crippen LogP contribution < -0.4 is 10.6 Å². The minimum atomic E-state index is -4.60. The molecule has 0 saturated carbocycles. The topological polar surface area (TPSA) is 100 Å². The molecule has 3 N–H and O–H groups in total. The Hall–Kier alpha value is -3.84. The lowest BCUT2D eigenvalue weighted by atomic mass is 10.1. The number of aromatic nitrogens is 5. The molecule has 0 unspecified atom stereocenters. The molecule has 0 aromatic carbocycles. The van der Waals surface area contributed by atoms with E-state index in [4.69, 9.17) is 0 Å². The predicted molar refractivity (Wildman–Crippen MR) is 110 cm³/mol. The molecule has 0 aliphatic rings. The number of nitrogens with zero attached hydrogens (tertiary/aromatic N) is 4. The molecule has 4 rings (SSSR count). The number of alkyl halides is 6. The van der Waals surface area contributed by atoms with Crippen molar-refractivity contribution in [1.82, 2.24) is 29.9 Å². The third kappa shape index (κ3) is 4.47. The number of aromatic amines is 1. The van der Waals surface area contributed by atoms with E-state index in [0.29, 0.717) is 16.5 Å². The van der Waals surface area contributed by atoms with Crippen LogP contribution in [0.3, 0.4) is 0 Å². The van der Waals surface area contributed by atoms with Gasteiger partial charge < -0.3 is 15.6 Å². The summed E-state index contributed by atoms with van der Waals surface area (Å²) in [7, 11) is 0. The number of amides is 1. The zero-order chi connectivity index (χ0) is 24.8. The fourth-order valence-corrected chi connectivity index (χ4v) is 3.17. The van der Waals surface area contributed by atoms with Crippen LogP contribution in [0.15, 0.2) is 36.9 Å². The lowest BCUT2D eigenvalue weighted by Crippen LogP contribution is -2.43. The molecule has 0 radical (unpaired) electrons. The van der Waals surface area contributed by atoms with Crippen molar-refractivity contribution < 1.29 is 31.1 Å². The van der Waals surface area contributed by atoms with Crippen LogP contribution in [0.1, 0.15) is 24.2 Å². The van der Waals surface area contributed by atoms with E-state index in [9.17, 15) is 31.1 Å². The summed E-state index contributed by atoms with van der Waals surface area (Å²) in [6, 6.07) is -0.693. The van der Waals surface area contributed by atoms with Crippen LogP contribution in [0, 0.1) is 0 Å². The average Bonchev–Trinajstić information content (AvgIpc) is 3.35. The highest BCUT2D eigenvalue weighted by molar-refractivity contribution is 6.02. The highest BCUT2D eigenvalue weighted by Crippen LogP contribution is 2.30. The van der Waals surface area contributed by atoms with Gasteiger partial charge in [0.25, 0.3) is 5.91 Å². The predicted octanol–water partition coefficient (Wildman–Crippen LogP) is 4.32. The Morgan fingerprint density at radius 3 is 2.47 bits per heavy atom. The number of pyridine rings is 1. The second-order valence-corrected chi connectivity index (χ2v) is 7.61. The average molecular weight is 485 g/mol. The summed E-state index contributed by atoms with van der Waals surface area (Å²) >= 11 is 0. The lowest BCUT2D eigenvalue weighted by Gasteiger charge is -2.16. The van der Waals surface area contributed by atoms with Gasteiger partial charge in [0.2, 0.25) is 5.95 Å². The quantitative estimate of drug-likeness (QED) is 0.366. The molecule has 0 saturated heterocycles. The van der Waals surface area contributed by atoms with Gasteiger partial charge in [0, 0.05) is 29.5 Å². The molecular formula is C20H17F6N7O. The number of rotatable bonds is 5. The first-order valence-corrected chi connectivity index (χ1v) is 9.87. The van der Waals surface area contributed by atoms with Crippen LogP contribution in [0.25, 0.3) is 27.7 Å². The van der Waals surface area contributed by atoms with E-state index in [2.05, 4.69) is 25.4 Å². The van der Waals surface area contributed by atoms with Gasteiger partial charge in [0.05, 0.1) is 17.3 Å². The minimum Gasteiger partial charge on any atom is -0.345 e. The van der Waals surface area contributed by atoms with Crippen molar-refractivity contribution in [2.24, 2.45) is 0 Å². The van der Waals surface area contributed by atoms with Gasteiger partial charge in [0.15, 0.2) is 0 Å². The smallest absolute Gasteiger partial charge is 0.345 e. The summed E-state index contributed by atoms with van der Waals surface area (Å²) in [6.07, 6.45) is -3.48. The summed E-state index contributed by atoms with van der Waals surface area (Å²) in [5.41, 5.74) is 1.61. The summed E-state index contributed by atoms with van der Waals surface area (Å²) in [6.45, 7) is 1.78. The molecule has 14 heteroatoms. The van der Waals surface area contributed by atoms with Gasteiger partial charge in [-0.15, -0.1) is 0 Å². The van der Waals surface area contributed by atoms with E-state index in [1.807, 2.05) is 5.32 Å². The molecule has 34 heavy (non-hydrogen) atoms. The molecule has 0 aliphatic carbocycles. The van der Waals surface area contributed by atoms with Gasteiger partial charge in [-0.05, 0) is 31.5 Å². The van der Waals surface area contributed by atoms with Gasteiger partial charge in [0.1, 0.15) is 17.7 Å². The van der Waals surface area contributed by atoms with E-state index in [0.717, 1.165) is 20.0 Å². The van der Waals surface area contributed by atoms with Crippen LogP contribution >= 0.6 is 0 Å². The third-order valence-corrected chi connectivity index (χ3v) is 5.18. The number of hydrogen-bond acceptors (Lipinski definition) is 5. The van der Waals surface area contributed by atoms with Gasteiger partial charge in [-0.2, -0.15) is 36.4 Å². The zero-order valence-corrected chi connectivity index (χ0v) is 17.6. The van der Waals surface area contributed by atoms with E-state index in [-0.39, 0.29) is 22.7 Å². The standard InChI is InChI=1S/C20H17F6N7O/c1-9(19(21,22)23)30-17(34)14-8-29-33-4-3-11(5-15(14)33)12-6-27-16-13(12)7-28-18(32-16)31-10(2)20(24,25)26/h3-10H,1-2H3,(H,30,34)(H2,27,28,31,32)/t9-,10+/m1/s1. The first kappa shape index (κ1) is 23.3. The van der Waals surface area contributed by atoms with E-state index >= 15 is 0 Å². The number of hydrogen-bond donors (Lipinski definition) is 3. The van der Waals surface area contributed by atoms with Crippen molar-refractivity contribution in [3.05, 3.63) is 42.5 Å². The van der Waals surface area contributed by atoms with Crippen molar-refractivity contribution in [3.8, 4) is 11.1 Å². The third-order valence-electron chi connectivity index (χ3n) is 5.18. The lowest BCUT2D eigenvalue weighted by molar-refractivity contribution is -0.149. The number of carbonyl (C=O) groups is 1. The Kier molecular flexibility index (Phi) is 5.61. The maximum absolute atomic E-state index is 12.8. The summed E-state index contributed by atoms with van der Waals surface area (Å²) in [4.78, 5) is 23.3. The molecule has 0 fully saturated rings. The highest BCUT2D eigenvalue weighted by atomic mass is 19.4. The van der Waals surface area contributed by atoms with Crippen LogP contribution in [0.4, 0.5) is 32.3 Å². The van der Waals surface area contributed by atoms with Crippen molar-refractivity contribution >= 4 is 28.4 Å². The van der Waals surface area contributed by atoms with Crippen molar-refractivity contribution in [3.63, 3.8) is 0 Å². The summed E-state index contributed by atoms with van der Waals surface area (Å²) < 4.78 is 78.1. The maximum Gasteiger partial charge on any atom is 0.408 e. The number of anilines is 1. The zero-order valence-electron chi connectivity index (χ0n) is 17.6. The minimum absolute atomic E-state index is 0.0540. The van der Waals surface area contributed by atoms with Crippen molar-refractivity contribution in [1.29, 1.82) is 0 Å². The molecule has 4 aromatic rings. The van der Waals surface area contributed by atoms with Gasteiger partial charge >= 0.3 is 12.4 Å². The van der Waals surface area contributed by atoms with Crippen LogP contribution in [-0.2, 0) is 0 Å². The number of nitrogens with one attached hydrogen (secondary N) is 3. The number of fused-ring (bicyclic) bond motifs is 2. The first-order chi connectivity index (χ1) is 15.8. The highest BCUT2D eigenvalue weighted by Gasteiger charge is 2.38. The van der Waals surface area contributed by atoms with Crippen LogP contribution in [-0.4, -0.2) is 54.9 Å². The Labute approximate surface area is 187 Å². The molecule has 0 spiro atoms. The van der Waals surface area contributed by atoms with Gasteiger partial charge in [-0.3, -0.25) is 4.79 Å². The van der Waals surface area contributed by atoms with E-state index in [1.165, 1.54) is 16.9 Å². The molecule has 2 atom stereocenters. The van der Waals surface area contributed by atoms with Crippen molar-refractivity contribution in [2.45, 2.75) is 38.3 Å². The Bertz CT molecular complexity index is 1360. The molecule has 4 heterocycles. The monoisotopic (exact) mass is 485 g/mol. The molecular weight excluding hydrogens is 468 g/mol. The molecule has 0 aliphatic heterocycles. The van der Waals surface area contributed by atoms with Gasteiger partial charge in [-0.25, -0.2) is 9.50 Å². The van der Waals surface area contributed by atoms with Crippen LogP contribution in [0.5, 0.6) is 0 Å². The Morgan fingerprint density at radius 1 is 1.09 bits per heavy atom. The molecule has 0 bridgehead atoms. The van der Waals surface area contributed by atoms with Crippen molar-refractivity contribution in [2.75, 3.05) is 5.32 Å². The number of carbonyl (C=O) groups excluding carboxylic acids is 1. The van der Waals surface area contributed by atoms with Crippen LogP contribution in [0.2, 0.25) is 0 Å². The first-order valence-electron chi connectivity index (χ1n) is 9.87. The second kappa shape index (κ2) is 8.18. The molecule has 1 amide bonds. The van der Waals surface area contributed by atoms with E-state index < -0.39 is 30.3 Å². The number of H-pyrrole nitrogens is 1. The Morgan fingerprint density at radius 2 is 1.79 bits per heavy atom. The Balaban J connectivity index is 1.65. The molecule has 180 valence electrons. The van der Waals surface area contributed by atoms with Gasteiger partial charge in [-0.1, -0.05) is 0 Å². The number of halogens is 6. The maximum atomic E-state index is 12.8. The largest absolute Gasteiger partial charge is 0.408 e. The molecule has 4 aromatic heterocycles. The molecule has 8 nitrogen and oxygen atoms in total. The normalized spacial score (nSPS) is 14.4. The fourth-order valence-electron chi connectivity index (χ4n) is 3.17. The summed E-state index contributed by atoms with van der Waals surface area (Å²) in [5, 5.41) is 8.57. The SMILES string of the molecule is C[C@H](Nc1ncc2c(-c3ccn4ncc(C(=O)N[C@H](C)C(F)(F)F)c4c3)c[nH]c2n1)C(F)(F)F. The second-order valence-electron chi connectivity index (χ2n) is 7.61. The fraction of sp³-hybridized carbons (Fsp3) is 0.300.